The smallest absolute Gasteiger partial charge is 0.163 e. The van der Waals surface area contributed by atoms with Crippen molar-refractivity contribution < 1.29 is 4.74 Å². The lowest BCUT2D eigenvalue weighted by atomic mass is 10.3. The molecule has 1 N–H and O–H groups in total. The molecule has 0 bridgehead atoms. The normalized spacial score (nSPS) is 11.3. The molecule has 0 spiro atoms. The van der Waals surface area contributed by atoms with Gasteiger partial charge in [0, 0.05) is 33.7 Å². The van der Waals surface area contributed by atoms with E-state index in [1.165, 1.54) is 0 Å². The highest BCUT2D eigenvalue weighted by atomic mass is 16.5. The number of nitrogens with one attached hydrogen (secondary N) is 1. The van der Waals surface area contributed by atoms with Gasteiger partial charge in [-0.1, -0.05) is 0 Å². The molecule has 0 aromatic carbocycles. The van der Waals surface area contributed by atoms with Gasteiger partial charge in [-0.05, 0) is 6.92 Å². The van der Waals surface area contributed by atoms with Crippen LogP contribution in [0.2, 0.25) is 0 Å². The van der Waals surface area contributed by atoms with E-state index in [-0.39, 0.29) is 0 Å². The molecule has 0 saturated heterocycles. The highest BCUT2D eigenvalue weighted by Gasteiger charge is 2.11. The summed E-state index contributed by atoms with van der Waals surface area (Å²) in [5.41, 5.74) is 0.784. The van der Waals surface area contributed by atoms with Crippen LogP contribution < -0.4 is 5.32 Å². The third kappa shape index (κ3) is 3.14. The first-order chi connectivity index (χ1) is 11.2. The van der Waals surface area contributed by atoms with Gasteiger partial charge in [0.2, 0.25) is 0 Å². The van der Waals surface area contributed by atoms with E-state index < -0.39 is 0 Å². The average molecular weight is 316 g/mol. The zero-order valence-electron chi connectivity index (χ0n) is 13.5. The van der Waals surface area contributed by atoms with Crippen molar-refractivity contribution in [1.29, 1.82) is 0 Å². The van der Waals surface area contributed by atoms with Gasteiger partial charge in [0.1, 0.15) is 24.6 Å². The fourth-order valence-electron chi connectivity index (χ4n) is 2.43. The predicted octanol–water partition coefficient (Wildman–Crippen LogP) is 0.776. The minimum absolute atomic E-state index is 0.361. The minimum atomic E-state index is 0.361. The number of anilines is 1. The molecule has 0 saturated carbocycles. The third-order valence-electron chi connectivity index (χ3n) is 3.59. The van der Waals surface area contributed by atoms with E-state index in [4.69, 9.17) is 4.74 Å². The van der Waals surface area contributed by atoms with Crippen molar-refractivity contribution in [3.05, 3.63) is 24.2 Å². The molecule has 9 nitrogen and oxygen atoms in total. The van der Waals surface area contributed by atoms with E-state index in [1.54, 1.807) is 24.3 Å². The first-order valence-electron chi connectivity index (χ1n) is 7.51. The molecule has 0 aliphatic carbocycles. The number of aryl methyl sites for hydroxylation is 2. The van der Waals surface area contributed by atoms with E-state index >= 15 is 0 Å². The zero-order valence-corrected chi connectivity index (χ0v) is 13.5. The fourth-order valence-corrected chi connectivity index (χ4v) is 2.43. The van der Waals surface area contributed by atoms with Crippen LogP contribution in [0.1, 0.15) is 18.6 Å². The van der Waals surface area contributed by atoms with Crippen LogP contribution in [0.3, 0.4) is 0 Å². The molecule has 3 rings (SSSR count). The molecule has 0 radical (unpaired) electrons. The van der Waals surface area contributed by atoms with Crippen LogP contribution in [-0.4, -0.2) is 48.2 Å². The Kier molecular flexibility index (Phi) is 4.47. The number of methoxy groups -OCH3 is 1. The molecule has 23 heavy (non-hydrogen) atoms. The van der Waals surface area contributed by atoms with Gasteiger partial charge in [0.25, 0.3) is 0 Å². The third-order valence-corrected chi connectivity index (χ3v) is 3.59. The highest BCUT2D eigenvalue weighted by molar-refractivity contribution is 5.86. The molecular formula is C14H20N8O. The topological polar surface area (TPSA) is 95.6 Å². The van der Waals surface area contributed by atoms with Gasteiger partial charge in [0.15, 0.2) is 11.5 Å². The Morgan fingerprint density at radius 3 is 2.96 bits per heavy atom. The molecule has 3 aromatic rings. The van der Waals surface area contributed by atoms with Crippen molar-refractivity contribution in [1.82, 2.24) is 34.5 Å². The quantitative estimate of drug-likeness (QED) is 0.688. The van der Waals surface area contributed by atoms with Gasteiger partial charge >= 0.3 is 0 Å². The second-order valence-electron chi connectivity index (χ2n) is 5.14. The Morgan fingerprint density at radius 2 is 2.17 bits per heavy atom. The monoisotopic (exact) mass is 316 g/mol. The van der Waals surface area contributed by atoms with Crippen LogP contribution in [-0.2, 0) is 31.4 Å². The van der Waals surface area contributed by atoms with E-state index in [2.05, 4.69) is 37.5 Å². The standard InChI is InChI=1S/C14H20N8O/c1-4-22-9-16-20-12(22)5-6-15-13-10-7-17-21(2)14(10)19-11(18-13)8-23-3/h7,9H,4-6,8H2,1-3H3,(H,15,18,19). The van der Waals surface area contributed by atoms with E-state index in [1.807, 2.05) is 11.6 Å². The molecule has 3 aromatic heterocycles. The lowest BCUT2D eigenvalue weighted by Gasteiger charge is -2.09. The largest absolute Gasteiger partial charge is 0.377 e. The van der Waals surface area contributed by atoms with Crippen LogP contribution >= 0.6 is 0 Å². The second-order valence-corrected chi connectivity index (χ2v) is 5.14. The Balaban J connectivity index is 1.78. The van der Waals surface area contributed by atoms with Crippen LogP contribution in [0.4, 0.5) is 5.82 Å². The van der Waals surface area contributed by atoms with Crippen molar-refractivity contribution in [2.45, 2.75) is 26.5 Å². The maximum absolute atomic E-state index is 5.14. The fraction of sp³-hybridized carbons (Fsp3) is 0.500. The Bertz CT molecular complexity index is 793. The first-order valence-corrected chi connectivity index (χ1v) is 7.51. The van der Waals surface area contributed by atoms with Crippen LogP contribution in [0.15, 0.2) is 12.5 Å². The summed E-state index contributed by atoms with van der Waals surface area (Å²) in [6, 6.07) is 0. The summed E-state index contributed by atoms with van der Waals surface area (Å²) >= 11 is 0. The van der Waals surface area contributed by atoms with Gasteiger partial charge in [-0.2, -0.15) is 5.10 Å². The summed E-state index contributed by atoms with van der Waals surface area (Å²) in [6.07, 6.45) is 4.28. The maximum atomic E-state index is 5.14. The number of hydrogen-bond donors (Lipinski definition) is 1. The van der Waals surface area contributed by atoms with Crippen molar-refractivity contribution in [2.75, 3.05) is 19.0 Å². The van der Waals surface area contributed by atoms with Crippen molar-refractivity contribution in [3.8, 4) is 0 Å². The number of hydrogen-bond acceptors (Lipinski definition) is 7. The lowest BCUT2D eigenvalue weighted by Crippen LogP contribution is -2.12. The molecule has 0 aliphatic heterocycles. The van der Waals surface area contributed by atoms with Crippen molar-refractivity contribution in [2.24, 2.45) is 7.05 Å². The molecule has 0 atom stereocenters. The van der Waals surface area contributed by atoms with Crippen molar-refractivity contribution in [3.63, 3.8) is 0 Å². The van der Waals surface area contributed by atoms with Gasteiger partial charge in [-0.25, -0.2) is 9.97 Å². The molecule has 122 valence electrons. The zero-order chi connectivity index (χ0) is 16.2. The molecule has 0 amide bonds. The van der Waals surface area contributed by atoms with Gasteiger partial charge < -0.3 is 14.6 Å². The summed E-state index contributed by atoms with van der Waals surface area (Å²) in [4.78, 5) is 8.99. The van der Waals surface area contributed by atoms with Gasteiger partial charge in [0.05, 0.1) is 11.6 Å². The summed E-state index contributed by atoms with van der Waals surface area (Å²) in [7, 11) is 3.49. The summed E-state index contributed by atoms with van der Waals surface area (Å²) in [5, 5.41) is 16.6. The number of aromatic nitrogens is 7. The molecule has 3 heterocycles. The van der Waals surface area contributed by atoms with E-state index in [0.29, 0.717) is 19.0 Å². The lowest BCUT2D eigenvalue weighted by molar-refractivity contribution is 0.178. The molecular weight excluding hydrogens is 296 g/mol. The number of rotatable bonds is 7. The van der Waals surface area contributed by atoms with Gasteiger partial charge in [-0.15, -0.1) is 10.2 Å². The number of ether oxygens (including phenoxy) is 1. The molecule has 0 unspecified atom stereocenters. The number of fused-ring (bicyclic) bond motifs is 1. The van der Waals surface area contributed by atoms with Crippen LogP contribution in [0, 0.1) is 0 Å². The van der Waals surface area contributed by atoms with E-state index in [0.717, 1.165) is 35.6 Å². The average Bonchev–Trinajstić information content (AvgIpc) is 3.15. The first kappa shape index (κ1) is 15.3. The molecule has 0 aliphatic rings. The summed E-state index contributed by atoms with van der Waals surface area (Å²) in [5.74, 6) is 2.34. The SMILES string of the molecule is CCn1cnnc1CCNc1nc(COC)nc2c1cnn2C. The van der Waals surface area contributed by atoms with Gasteiger partial charge in [-0.3, -0.25) is 4.68 Å². The Morgan fingerprint density at radius 1 is 1.30 bits per heavy atom. The molecule has 9 heteroatoms. The molecule has 0 fully saturated rings. The van der Waals surface area contributed by atoms with Crippen molar-refractivity contribution >= 4 is 16.9 Å². The van der Waals surface area contributed by atoms with Crippen LogP contribution in [0.5, 0.6) is 0 Å². The second kappa shape index (κ2) is 6.69. The Hall–Kier alpha value is -2.55. The summed E-state index contributed by atoms with van der Waals surface area (Å²) in [6.45, 7) is 3.99. The maximum Gasteiger partial charge on any atom is 0.163 e. The highest BCUT2D eigenvalue weighted by Crippen LogP contribution is 2.19. The summed E-state index contributed by atoms with van der Waals surface area (Å²) < 4.78 is 8.89. The Labute approximate surface area is 133 Å². The predicted molar refractivity (Wildman–Crippen MR) is 84.9 cm³/mol. The van der Waals surface area contributed by atoms with E-state index in [9.17, 15) is 0 Å². The minimum Gasteiger partial charge on any atom is -0.377 e. The number of nitrogens with zero attached hydrogens (tertiary/aromatic N) is 7. The van der Waals surface area contributed by atoms with Crippen LogP contribution in [0.25, 0.3) is 11.0 Å².